The molecule has 2 fully saturated rings. The Morgan fingerprint density at radius 2 is 2.17 bits per heavy atom. The van der Waals surface area contributed by atoms with Crippen LogP contribution in [0.2, 0.25) is 0 Å². The third kappa shape index (κ3) is 1.00. The Morgan fingerprint density at radius 1 is 1.50 bits per heavy atom. The second kappa shape index (κ2) is 2.69. The fourth-order valence-electron chi connectivity index (χ4n) is 2.73. The van der Waals surface area contributed by atoms with E-state index in [0.717, 1.165) is 13.0 Å². The molecule has 3 N–H and O–H groups in total. The van der Waals surface area contributed by atoms with Crippen LogP contribution in [-0.2, 0) is 0 Å². The molecule has 0 aromatic carbocycles. The maximum atomic E-state index is 9.69. The number of nitrogens with zero attached hydrogens (tertiary/aromatic N) is 1. The van der Waals surface area contributed by atoms with E-state index in [9.17, 15) is 5.11 Å². The van der Waals surface area contributed by atoms with Crippen molar-refractivity contribution in [1.82, 2.24) is 4.90 Å². The molecule has 2 aliphatic rings. The van der Waals surface area contributed by atoms with Gasteiger partial charge in [0, 0.05) is 18.6 Å². The zero-order valence-electron chi connectivity index (χ0n) is 7.77. The minimum Gasteiger partial charge on any atom is -0.391 e. The van der Waals surface area contributed by atoms with Gasteiger partial charge in [-0.2, -0.15) is 0 Å². The fraction of sp³-hybridized carbons (Fsp3) is 1.00. The zero-order chi connectivity index (χ0) is 8.88. The lowest BCUT2D eigenvalue weighted by Gasteiger charge is -2.33. The van der Waals surface area contributed by atoms with Gasteiger partial charge >= 0.3 is 0 Å². The van der Waals surface area contributed by atoms with E-state index in [1.54, 1.807) is 0 Å². The molecule has 0 aromatic heterocycles. The molecule has 1 aliphatic carbocycles. The fourth-order valence-corrected chi connectivity index (χ4v) is 2.73. The van der Waals surface area contributed by atoms with Crippen LogP contribution in [0.4, 0.5) is 0 Å². The first kappa shape index (κ1) is 8.48. The van der Waals surface area contributed by atoms with E-state index in [1.807, 2.05) is 0 Å². The second-order valence-corrected chi connectivity index (χ2v) is 4.42. The van der Waals surface area contributed by atoms with E-state index in [4.69, 9.17) is 5.73 Å². The third-order valence-electron chi connectivity index (χ3n) is 3.37. The molecule has 12 heavy (non-hydrogen) atoms. The molecule has 2 bridgehead atoms. The number of piperidine rings is 1. The third-order valence-corrected chi connectivity index (χ3v) is 3.37. The van der Waals surface area contributed by atoms with Crippen molar-refractivity contribution >= 4 is 0 Å². The first-order chi connectivity index (χ1) is 5.61. The lowest BCUT2D eigenvalue weighted by atomic mass is 10.1. The molecular formula is C9H18N2O. The number of fused-ring (bicyclic) bond motifs is 2. The van der Waals surface area contributed by atoms with Crippen LogP contribution < -0.4 is 5.73 Å². The first-order valence-corrected chi connectivity index (χ1v) is 4.80. The van der Waals surface area contributed by atoms with Gasteiger partial charge < -0.3 is 10.8 Å². The average Bonchev–Trinajstić information content (AvgIpc) is 2.42. The lowest BCUT2D eigenvalue weighted by molar-refractivity contribution is 0.0390. The second-order valence-electron chi connectivity index (χ2n) is 4.42. The quantitative estimate of drug-likeness (QED) is 0.572. The topological polar surface area (TPSA) is 49.5 Å². The number of aliphatic hydroxyl groups excluding tert-OH is 1. The van der Waals surface area contributed by atoms with E-state index >= 15 is 0 Å². The molecule has 70 valence electrons. The summed E-state index contributed by atoms with van der Waals surface area (Å²) in [6.07, 6.45) is 0.732. The SMILES string of the molecule is CC(C)N1C[C@H]2CC(O)[C@@H]1[C@@H]2N. The Bertz CT molecular complexity index is 183. The van der Waals surface area contributed by atoms with Gasteiger partial charge in [0.15, 0.2) is 0 Å². The molecule has 1 unspecified atom stereocenters. The van der Waals surface area contributed by atoms with E-state index < -0.39 is 0 Å². The highest BCUT2D eigenvalue weighted by molar-refractivity contribution is 5.07. The molecule has 1 saturated heterocycles. The molecule has 1 saturated carbocycles. The van der Waals surface area contributed by atoms with E-state index in [2.05, 4.69) is 18.7 Å². The van der Waals surface area contributed by atoms with E-state index in [0.29, 0.717) is 12.0 Å². The number of hydrogen-bond acceptors (Lipinski definition) is 3. The van der Waals surface area contributed by atoms with Crippen molar-refractivity contribution in [2.45, 2.75) is 44.5 Å². The highest BCUT2D eigenvalue weighted by Crippen LogP contribution is 2.37. The minimum atomic E-state index is -0.179. The van der Waals surface area contributed by atoms with Gasteiger partial charge in [-0.1, -0.05) is 0 Å². The summed E-state index contributed by atoms with van der Waals surface area (Å²) in [6.45, 7) is 5.42. The molecule has 3 nitrogen and oxygen atoms in total. The summed E-state index contributed by atoms with van der Waals surface area (Å²) in [5, 5.41) is 9.69. The highest BCUT2D eigenvalue weighted by Gasteiger charge is 2.50. The zero-order valence-corrected chi connectivity index (χ0v) is 7.77. The number of aliphatic hydroxyl groups is 1. The Hall–Kier alpha value is -0.120. The summed E-state index contributed by atoms with van der Waals surface area (Å²) < 4.78 is 0. The summed E-state index contributed by atoms with van der Waals surface area (Å²) in [6, 6.07) is 0.957. The Morgan fingerprint density at radius 3 is 2.50 bits per heavy atom. The van der Waals surface area contributed by atoms with Gasteiger partial charge in [0.05, 0.1) is 12.1 Å². The standard InChI is InChI=1S/C9H18N2O/c1-5(2)11-4-6-3-7(12)9(11)8(6)10/h5-9,12H,3-4,10H2,1-2H3/t6-,7?,8-,9-/m1/s1. The van der Waals surface area contributed by atoms with Crippen LogP contribution in [0.5, 0.6) is 0 Å². The summed E-state index contributed by atoms with van der Waals surface area (Å²) in [7, 11) is 0. The molecule has 0 amide bonds. The van der Waals surface area contributed by atoms with Crippen LogP contribution in [0.15, 0.2) is 0 Å². The van der Waals surface area contributed by atoms with E-state index in [1.165, 1.54) is 0 Å². The Labute approximate surface area is 73.5 Å². The van der Waals surface area contributed by atoms with Crippen LogP contribution in [0.1, 0.15) is 20.3 Å². The molecular weight excluding hydrogens is 152 g/mol. The summed E-state index contributed by atoms with van der Waals surface area (Å²) in [5.74, 6) is 0.535. The van der Waals surface area contributed by atoms with Crippen LogP contribution in [-0.4, -0.2) is 40.8 Å². The number of nitrogens with two attached hydrogens (primary N) is 1. The molecule has 1 aliphatic heterocycles. The highest BCUT2D eigenvalue weighted by atomic mass is 16.3. The van der Waals surface area contributed by atoms with Gasteiger partial charge in [0.1, 0.15) is 0 Å². The maximum absolute atomic E-state index is 9.69. The number of likely N-dealkylation sites (tertiary alicyclic amines) is 1. The van der Waals surface area contributed by atoms with Crippen LogP contribution >= 0.6 is 0 Å². The summed E-state index contributed by atoms with van der Waals surface area (Å²) in [4.78, 5) is 2.34. The molecule has 0 spiro atoms. The molecule has 1 heterocycles. The Balaban J connectivity index is 2.14. The van der Waals surface area contributed by atoms with Crippen LogP contribution in [0, 0.1) is 5.92 Å². The van der Waals surface area contributed by atoms with Crippen molar-refractivity contribution in [2.75, 3.05) is 6.54 Å². The predicted molar refractivity (Wildman–Crippen MR) is 47.7 cm³/mol. The Kier molecular flexibility index (Phi) is 1.90. The lowest BCUT2D eigenvalue weighted by Crippen LogP contribution is -2.48. The smallest absolute Gasteiger partial charge is 0.0714 e. The van der Waals surface area contributed by atoms with Gasteiger partial charge in [-0.25, -0.2) is 0 Å². The van der Waals surface area contributed by atoms with Gasteiger partial charge in [-0.15, -0.1) is 0 Å². The summed E-state index contributed by atoms with van der Waals surface area (Å²) >= 11 is 0. The van der Waals surface area contributed by atoms with Crippen molar-refractivity contribution in [3.05, 3.63) is 0 Å². The van der Waals surface area contributed by atoms with Crippen molar-refractivity contribution in [2.24, 2.45) is 11.7 Å². The molecule has 4 atom stereocenters. The van der Waals surface area contributed by atoms with Gasteiger partial charge in [0.25, 0.3) is 0 Å². The molecule has 0 aromatic rings. The van der Waals surface area contributed by atoms with Crippen molar-refractivity contribution < 1.29 is 5.11 Å². The van der Waals surface area contributed by atoms with E-state index in [-0.39, 0.29) is 18.2 Å². The normalized spacial score (nSPS) is 47.8. The number of rotatable bonds is 1. The predicted octanol–water partition coefficient (Wildman–Crippen LogP) is -0.213. The first-order valence-electron chi connectivity index (χ1n) is 4.80. The average molecular weight is 170 g/mol. The monoisotopic (exact) mass is 170 g/mol. The van der Waals surface area contributed by atoms with Gasteiger partial charge in [-0.3, -0.25) is 4.90 Å². The maximum Gasteiger partial charge on any atom is 0.0714 e. The van der Waals surface area contributed by atoms with Crippen molar-refractivity contribution in [3.8, 4) is 0 Å². The number of hydrogen-bond donors (Lipinski definition) is 2. The summed E-state index contributed by atoms with van der Waals surface area (Å²) in [5.41, 5.74) is 6.00. The molecule has 2 rings (SSSR count). The molecule has 0 radical (unpaired) electrons. The van der Waals surface area contributed by atoms with Crippen molar-refractivity contribution in [1.29, 1.82) is 0 Å². The minimum absolute atomic E-state index is 0.179. The molecule has 3 heteroatoms. The van der Waals surface area contributed by atoms with Gasteiger partial charge in [0.2, 0.25) is 0 Å². The van der Waals surface area contributed by atoms with Gasteiger partial charge in [-0.05, 0) is 26.2 Å². The van der Waals surface area contributed by atoms with Crippen LogP contribution in [0.3, 0.4) is 0 Å². The largest absolute Gasteiger partial charge is 0.391 e. The van der Waals surface area contributed by atoms with Crippen molar-refractivity contribution in [3.63, 3.8) is 0 Å². The van der Waals surface area contributed by atoms with Crippen LogP contribution in [0.25, 0.3) is 0 Å².